The molecular weight excluding hydrogens is 1170 g/mol. The number of hydrogen-bond acceptors (Lipinski definition) is 16. The zero-order chi connectivity index (χ0) is 60.3. The van der Waals surface area contributed by atoms with Gasteiger partial charge in [-0.15, -0.1) is 0 Å². The number of alkyl halides is 6. The molecule has 422 valence electrons. The van der Waals surface area contributed by atoms with E-state index >= 15 is 0 Å². The molecule has 0 bridgehead atoms. The Morgan fingerprint density at radius 1 is 0.338 bits per heavy atom. The summed E-state index contributed by atoms with van der Waals surface area (Å²) in [5.74, 6) is -5.02. The summed E-state index contributed by atoms with van der Waals surface area (Å²) in [7, 11) is 12.0. The smallest absolute Gasteiger partial charge is 0.159 e. The standard InChI is InChI=1S/3C18H19F2O4.3Ca.H3O4P/c3*1-21-14-7-5-12(6-8-14)11-18(19,20)13-9-15(22-2)17(24-4)16(10-13)23-3;;;;1-5(2,3)4/h3*5-7,9-10H,11H2,1-4H3;;;;(H3,1,2,3,4)/q;;;3*+1;/p-3. The van der Waals surface area contributed by atoms with Gasteiger partial charge in [-0.25, -0.2) is 0 Å². The Morgan fingerprint density at radius 3 is 0.650 bits per heavy atom. The molecule has 0 N–H and O–H groups in total. The predicted molar refractivity (Wildman–Crippen MR) is 284 cm³/mol. The number of hydrogen-bond donors (Lipinski definition) is 0. The second-order valence-corrected chi connectivity index (χ2v) is 21.2. The number of methoxy groups -OCH3 is 12. The third-order valence-corrected chi connectivity index (χ3v) is 14.2. The van der Waals surface area contributed by atoms with E-state index in [9.17, 15) is 26.3 Å². The number of rotatable bonds is 21. The van der Waals surface area contributed by atoms with Crippen LogP contribution in [0.3, 0.4) is 0 Å². The van der Waals surface area contributed by atoms with Crippen LogP contribution in [0.4, 0.5) is 26.3 Å². The maximum atomic E-state index is 14.9. The van der Waals surface area contributed by atoms with Crippen LogP contribution in [0.5, 0.6) is 69.0 Å². The molecule has 6 rings (SSSR count). The van der Waals surface area contributed by atoms with E-state index in [0.717, 1.165) is 130 Å². The van der Waals surface area contributed by atoms with Crippen molar-refractivity contribution in [2.75, 3.05) is 85.3 Å². The molecule has 0 spiro atoms. The molecule has 0 unspecified atom stereocenters. The van der Waals surface area contributed by atoms with Crippen LogP contribution >= 0.6 is 7.82 Å². The Kier molecular flexibility index (Phi) is 28.7. The molecule has 80 heavy (non-hydrogen) atoms. The second-order valence-electron chi connectivity index (χ2n) is 16.8. The summed E-state index contributed by atoms with van der Waals surface area (Å²) in [4.78, 5) is 25.6. The van der Waals surface area contributed by atoms with Crippen LogP contribution in [0.25, 0.3) is 0 Å². The zero-order valence-electron chi connectivity index (χ0n) is 46.1. The van der Waals surface area contributed by atoms with Crippen LogP contribution in [-0.2, 0) is 41.6 Å². The van der Waals surface area contributed by atoms with Gasteiger partial charge in [0.15, 0.2) is 0 Å². The van der Waals surface area contributed by atoms with E-state index in [2.05, 4.69) is 0 Å². The largest absolute Gasteiger partial charge is 0.822 e. The van der Waals surface area contributed by atoms with Crippen LogP contribution < -0.4 is 76.5 Å². The van der Waals surface area contributed by atoms with Crippen molar-refractivity contribution in [3.63, 3.8) is 0 Å². The van der Waals surface area contributed by atoms with E-state index in [1.165, 1.54) is 100 Å². The first kappa shape index (κ1) is 70.7. The first-order chi connectivity index (χ1) is 37.6. The molecule has 0 saturated carbocycles. The summed E-state index contributed by atoms with van der Waals surface area (Å²) < 4.78 is 163. The molecule has 0 aliphatic carbocycles. The van der Waals surface area contributed by atoms with Gasteiger partial charge in [0, 0.05) is 0 Å². The van der Waals surface area contributed by atoms with E-state index in [4.69, 9.17) is 76.1 Å². The van der Waals surface area contributed by atoms with Crippen molar-refractivity contribution in [2.24, 2.45) is 0 Å². The molecule has 0 fully saturated rings. The topological polar surface area (TPSA) is 197 Å². The van der Waals surface area contributed by atoms with Crippen molar-refractivity contribution >= 4 is 120 Å². The third-order valence-electron chi connectivity index (χ3n) is 11.6. The molecule has 0 saturated heterocycles. The van der Waals surface area contributed by atoms with Crippen molar-refractivity contribution < 1.29 is 102 Å². The molecule has 0 aliphatic rings. The zero-order valence-corrected chi connectivity index (χ0v) is 53.7. The molecule has 6 aromatic carbocycles. The first-order valence-electron chi connectivity index (χ1n) is 23.3. The summed E-state index contributed by atoms with van der Waals surface area (Å²) in [6.45, 7) is 0. The van der Waals surface area contributed by atoms with Gasteiger partial charge in [0.05, 0.1) is 0 Å². The average molecular weight is 1230 g/mol. The number of benzene rings is 6. The monoisotopic (exact) mass is 1230 g/mol. The van der Waals surface area contributed by atoms with E-state index in [1.54, 1.807) is 75.9 Å². The fourth-order valence-electron chi connectivity index (χ4n) is 7.78. The van der Waals surface area contributed by atoms with Crippen molar-refractivity contribution in [3.05, 3.63) is 124 Å². The van der Waals surface area contributed by atoms with Gasteiger partial charge in [-0.1, -0.05) is 0 Å². The minimum absolute atomic E-state index is 0.188. The van der Waals surface area contributed by atoms with Crippen LogP contribution in [0.15, 0.2) is 91.0 Å². The fourth-order valence-corrected chi connectivity index (χ4v) is 10.2. The molecule has 0 aliphatic heterocycles. The molecule has 0 radical (unpaired) electrons. The summed E-state index contributed by atoms with van der Waals surface area (Å²) in [6.07, 6.45) is -1.28. The SMILES string of the molecule is COc1ccc(CC(F)(F)c2cc(OC)c(OC)c(OC)c2)c[c]1[Ca+].COc1ccc(CC(F)(F)c2cc(OC)c(OC)c(OC)c2)c[c]1[Ca+].COc1ccc(CC(F)(F)c2cc(OC)c(OC)c(OC)c2)c[c]1[Ca+].O=P([O-])([O-])[O-]. The van der Waals surface area contributed by atoms with E-state index in [0.29, 0.717) is 16.7 Å². The van der Waals surface area contributed by atoms with Gasteiger partial charge in [0.25, 0.3) is 0 Å². The Balaban J connectivity index is 0.000000302. The minimum Gasteiger partial charge on any atom is -0.822 e. The quantitative estimate of drug-likeness (QED) is 0.0481. The Hall–Kier alpha value is -3.61. The molecule has 26 heteroatoms. The maximum absolute atomic E-state index is 14.9. The molecule has 0 aromatic heterocycles. The van der Waals surface area contributed by atoms with Crippen LogP contribution in [0.1, 0.15) is 33.4 Å². The summed E-state index contributed by atoms with van der Waals surface area (Å²) in [5.41, 5.74) is 1.06. The van der Waals surface area contributed by atoms with Crippen LogP contribution in [-0.4, -0.2) is 193 Å². The minimum atomic E-state index is -5.39. The molecule has 0 amide bonds. The van der Waals surface area contributed by atoms with Gasteiger partial charge >= 0.3 is 511 Å². The predicted octanol–water partition coefficient (Wildman–Crippen LogP) is 5.72. The number of halogens is 6. The van der Waals surface area contributed by atoms with Gasteiger partial charge < -0.3 is 19.2 Å². The van der Waals surface area contributed by atoms with Gasteiger partial charge in [-0.05, 0) is 0 Å². The molecule has 0 atom stereocenters. The third kappa shape index (κ3) is 20.3. The van der Waals surface area contributed by atoms with Crippen molar-refractivity contribution in [1.82, 2.24) is 0 Å². The van der Waals surface area contributed by atoms with E-state index < -0.39 is 44.9 Å². The number of phosphoric acid groups is 1. The van der Waals surface area contributed by atoms with Gasteiger partial charge in [-0.2, -0.15) is 7.82 Å². The van der Waals surface area contributed by atoms with Crippen molar-refractivity contribution in [3.8, 4) is 69.0 Å². The number of ether oxygens (including phenoxy) is 12. The summed E-state index contributed by atoms with van der Waals surface area (Å²) >= 11 is 2.48. The molecule has 0 heterocycles. The van der Waals surface area contributed by atoms with Crippen LogP contribution in [0, 0.1) is 0 Å². The van der Waals surface area contributed by atoms with Crippen molar-refractivity contribution in [1.29, 1.82) is 0 Å². The van der Waals surface area contributed by atoms with E-state index in [-0.39, 0.29) is 68.4 Å². The summed E-state index contributed by atoms with van der Waals surface area (Å²) in [5, 5.41) is 0. The second kappa shape index (κ2) is 32.4. The molecule has 6 aromatic rings. The Morgan fingerprint density at radius 2 is 0.512 bits per heavy atom. The Labute approximate surface area is 532 Å². The normalized spacial score (nSPS) is 11.2. The molecule has 16 nitrogen and oxygen atoms in total. The van der Waals surface area contributed by atoms with Gasteiger partial charge in [0.1, 0.15) is 0 Å². The summed E-state index contributed by atoms with van der Waals surface area (Å²) in [6, 6.07) is 23.1. The first-order valence-corrected chi connectivity index (χ1v) is 28.1. The van der Waals surface area contributed by atoms with Crippen molar-refractivity contribution in [2.45, 2.75) is 37.0 Å². The fraction of sp³-hybridized carbons (Fsp3) is 0.333. The average Bonchev–Trinajstić information content (AvgIpc) is 3.41. The molecular formula is C54H57Ca3F6O16P. The Bertz CT molecular complexity index is 2650. The van der Waals surface area contributed by atoms with Crippen LogP contribution in [0.2, 0.25) is 0 Å². The maximum Gasteiger partial charge on any atom is -0.159 e. The van der Waals surface area contributed by atoms with E-state index in [1.807, 2.05) is 0 Å². The van der Waals surface area contributed by atoms with Gasteiger partial charge in [-0.3, -0.25) is 0 Å². The van der Waals surface area contributed by atoms with Gasteiger partial charge in [0.2, 0.25) is 0 Å².